The van der Waals surface area contributed by atoms with Gasteiger partial charge < -0.3 is 5.32 Å². The Balaban J connectivity index is 2.48. The van der Waals surface area contributed by atoms with Crippen LogP contribution in [0.25, 0.3) is 11.1 Å². The lowest BCUT2D eigenvalue weighted by molar-refractivity contribution is 0.630. The SMILES string of the molecule is CNCc1ccc(F)c(-c2ccc(C)c(Cl)c2)c1. The number of nitrogens with one attached hydrogen (secondary N) is 1. The Bertz CT molecular complexity index is 566. The van der Waals surface area contributed by atoms with Crippen LogP contribution in [-0.2, 0) is 6.54 Å². The number of hydrogen-bond acceptors (Lipinski definition) is 1. The highest BCUT2D eigenvalue weighted by Gasteiger charge is 2.07. The van der Waals surface area contributed by atoms with Crippen molar-refractivity contribution in [3.63, 3.8) is 0 Å². The van der Waals surface area contributed by atoms with Gasteiger partial charge in [-0.25, -0.2) is 4.39 Å². The van der Waals surface area contributed by atoms with Crippen molar-refractivity contribution >= 4 is 11.6 Å². The van der Waals surface area contributed by atoms with E-state index in [4.69, 9.17) is 11.6 Å². The van der Waals surface area contributed by atoms with E-state index in [0.717, 1.165) is 16.7 Å². The lowest BCUT2D eigenvalue weighted by Gasteiger charge is -2.08. The maximum absolute atomic E-state index is 13.9. The van der Waals surface area contributed by atoms with Gasteiger partial charge in [0.15, 0.2) is 0 Å². The number of aryl methyl sites for hydroxylation is 1. The molecular formula is C15H15ClFN. The van der Waals surface area contributed by atoms with E-state index in [1.807, 2.05) is 32.2 Å². The fourth-order valence-electron chi connectivity index (χ4n) is 1.87. The molecule has 0 heterocycles. The highest BCUT2D eigenvalue weighted by molar-refractivity contribution is 6.31. The number of benzene rings is 2. The first-order chi connectivity index (χ1) is 8.61. The molecule has 0 unspecified atom stereocenters. The first-order valence-corrected chi connectivity index (χ1v) is 6.19. The van der Waals surface area contributed by atoms with Gasteiger partial charge in [-0.15, -0.1) is 0 Å². The van der Waals surface area contributed by atoms with Gasteiger partial charge in [0.2, 0.25) is 0 Å². The van der Waals surface area contributed by atoms with Crippen LogP contribution in [0.4, 0.5) is 4.39 Å². The fraction of sp³-hybridized carbons (Fsp3) is 0.200. The predicted octanol–water partition coefficient (Wildman–Crippen LogP) is 4.17. The zero-order valence-electron chi connectivity index (χ0n) is 10.4. The Hall–Kier alpha value is -1.38. The second-order valence-electron chi connectivity index (χ2n) is 4.31. The molecule has 0 fully saturated rings. The van der Waals surface area contributed by atoms with Gasteiger partial charge in [0.25, 0.3) is 0 Å². The standard InChI is InChI=1S/C15H15ClFN/c1-10-3-5-12(8-14(10)16)13-7-11(9-18-2)4-6-15(13)17/h3-8,18H,9H2,1-2H3. The van der Waals surface area contributed by atoms with Crippen molar-refractivity contribution in [3.8, 4) is 11.1 Å². The maximum atomic E-state index is 13.9. The molecule has 0 aliphatic carbocycles. The topological polar surface area (TPSA) is 12.0 Å². The summed E-state index contributed by atoms with van der Waals surface area (Å²) in [5.41, 5.74) is 3.43. The molecule has 0 bridgehead atoms. The zero-order valence-corrected chi connectivity index (χ0v) is 11.2. The van der Waals surface area contributed by atoms with Gasteiger partial charge in [0.1, 0.15) is 5.82 Å². The Kier molecular flexibility index (Phi) is 4.00. The van der Waals surface area contributed by atoms with Gasteiger partial charge in [0, 0.05) is 17.1 Å². The Morgan fingerprint density at radius 2 is 1.94 bits per heavy atom. The molecule has 0 saturated carbocycles. The minimum Gasteiger partial charge on any atom is -0.316 e. The molecule has 0 radical (unpaired) electrons. The minimum absolute atomic E-state index is 0.227. The van der Waals surface area contributed by atoms with Gasteiger partial charge in [-0.2, -0.15) is 0 Å². The van der Waals surface area contributed by atoms with E-state index < -0.39 is 0 Å². The summed E-state index contributed by atoms with van der Waals surface area (Å²) in [6, 6.07) is 10.7. The smallest absolute Gasteiger partial charge is 0.131 e. The molecule has 1 nitrogen and oxygen atoms in total. The predicted molar refractivity (Wildman–Crippen MR) is 74.3 cm³/mol. The molecule has 2 rings (SSSR count). The van der Waals surface area contributed by atoms with Gasteiger partial charge in [-0.1, -0.05) is 29.8 Å². The molecule has 0 spiro atoms. The van der Waals surface area contributed by atoms with Gasteiger partial charge in [-0.05, 0) is 48.9 Å². The van der Waals surface area contributed by atoms with Gasteiger partial charge in [-0.3, -0.25) is 0 Å². The van der Waals surface area contributed by atoms with E-state index in [2.05, 4.69) is 5.32 Å². The maximum Gasteiger partial charge on any atom is 0.131 e. The molecule has 18 heavy (non-hydrogen) atoms. The molecule has 2 aromatic rings. The van der Waals surface area contributed by atoms with Crippen LogP contribution in [0.5, 0.6) is 0 Å². The molecule has 1 N–H and O–H groups in total. The normalized spacial score (nSPS) is 10.7. The largest absolute Gasteiger partial charge is 0.316 e. The molecule has 0 atom stereocenters. The van der Waals surface area contributed by atoms with Crippen LogP contribution in [0, 0.1) is 12.7 Å². The van der Waals surface area contributed by atoms with Crippen LogP contribution in [0.15, 0.2) is 36.4 Å². The average molecular weight is 264 g/mol. The Morgan fingerprint density at radius 3 is 2.61 bits per heavy atom. The molecule has 0 saturated heterocycles. The summed E-state index contributed by atoms with van der Waals surface area (Å²) in [6.45, 7) is 2.65. The first kappa shape index (κ1) is 13.1. The summed E-state index contributed by atoms with van der Waals surface area (Å²) in [5.74, 6) is -0.227. The second-order valence-corrected chi connectivity index (χ2v) is 4.72. The monoisotopic (exact) mass is 263 g/mol. The minimum atomic E-state index is -0.227. The van der Waals surface area contributed by atoms with Crippen molar-refractivity contribution in [1.82, 2.24) is 5.32 Å². The summed E-state index contributed by atoms with van der Waals surface area (Å²) in [7, 11) is 1.87. The molecule has 2 aromatic carbocycles. The summed E-state index contributed by atoms with van der Waals surface area (Å²) in [4.78, 5) is 0. The lowest BCUT2D eigenvalue weighted by Crippen LogP contribution is -2.05. The molecule has 94 valence electrons. The van der Waals surface area contributed by atoms with Crippen molar-refractivity contribution in [2.75, 3.05) is 7.05 Å². The third kappa shape index (κ3) is 2.71. The van der Waals surface area contributed by atoms with E-state index >= 15 is 0 Å². The van der Waals surface area contributed by atoms with Crippen molar-refractivity contribution in [2.45, 2.75) is 13.5 Å². The summed E-state index contributed by atoms with van der Waals surface area (Å²) in [6.07, 6.45) is 0. The van der Waals surface area contributed by atoms with E-state index in [9.17, 15) is 4.39 Å². The molecule has 0 aliphatic heterocycles. The highest BCUT2D eigenvalue weighted by atomic mass is 35.5. The molecule has 0 aromatic heterocycles. The van der Waals surface area contributed by atoms with Gasteiger partial charge >= 0.3 is 0 Å². The van der Waals surface area contributed by atoms with Crippen LogP contribution in [-0.4, -0.2) is 7.05 Å². The van der Waals surface area contributed by atoms with Crippen LogP contribution in [0.1, 0.15) is 11.1 Å². The zero-order chi connectivity index (χ0) is 13.1. The van der Waals surface area contributed by atoms with Crippen LogP contribution >= 0.6 is 11.6 Å². The van der Waals surface area contributed by atoms with Crippen LogP contribution in [0.2, 0.25) is 5.02 Å². The molecular weight excluding hydrogens is 249 g/mol. The number of halogens is 2. The van der Waals surface area contributed by atoms with Gasteiger partial charge in [0.05, 0.1) is 0 Å². The second kappa shape index (κ2) is 5.51. The van der Waals surface area contributed by atoms with E-state index in [0.29, 0.717) is 17.1 Å². The first-order valence-electron chi connectivity index (χ1n) is 5.81. The molecule has 0 aliphatic rings. The third-order valence-electron chi connectivity index (χ3n) is 2.89. The third-order valence-corrected chi connectivity index (χ3v) is 3.30. The number of hydrogen-bond donors (Lipinski definition) is 1. The van der Waals surface area contributed by atoms with E-state index in [1.165, 1.54) is 6.07 Å². The Morgan fingerprint density at radius 1 is 1.17 bits per heavy atom. The lowest BCUT2D eigenvalue weighted by atomic mass is 10.0. The average Bonchev–Trinajstić information content (AvgIpc) is 2.35. The van der Waals surface area contributed by atoms with E-state index in [1.54, 1.807) is 12.1 Å². The quantitative estimate of drug-likeness (QED) is 0.876. The highest BCUT2D eigenvalue weighted by Crippen LogP contribution is 2.28. The van der Waals surface area contributed by atoms with Crippen molar-refractivity contribution < 1.29 is 4.39 Å². The summed E-state index contributed by atoms with van der Waals surface area (Å²) >= 11 is 6.08. The molecule has 3 heteroatoms. The fourth-order valence-corrected chi connectivity index (χ4v) is 2.05. The Labute approximate surface area is 112 Å². The summed E-state index contributed by atoms with van der Waals surface area (Å²) < 4.78 is 13.9. The van der Waals surface area contributed by atoms with Crippen LogP contribution < -0.4 is 5.32 Å². The van der Waals surface area contributed by atoms with Crippen molar-refractivity contribution in [3.05, 3.63) is 58.4 Å². The molecule has 0 amide bonds. The van der Waals surface area contributed by atoms with E-state index in [-0.39, 0.29) is 5.82 Å². The summed E-state index contributed by atoms with van der Waals surface area (Å²) in [5, 5.41) is 3.71. The van der Waals surface area contributed by atoms with Crippen LogP contribution in [0.3, 0.4) is 0 Å². The van der Waals surface area contributed by atoms with Crippen molar-refractivity contribution in [1.29, 1.82) is 0 Å². The van der Waals surface area contributed by atoms with Crippen molar-refractivity contribution in [2.24, 2.45) is 0 Å². The number of rotatable bonds is 3.